The van der Waals surface area contributed by atoms with Crippen molar-refractivity contribution >= 4 is 63.3 Å². The summed E-state index contributed by atoms with van der Waals surface area (Å²) in [7, 11) is 1.06. The summed E-state index contributed by atoms with van der Waals surface area (Å²) in [5.41, 5.74) is 6.56. The number of hydrogen-bond acceptors (Lipinski definition) is 11. The van der Waals surface area contributed by atoms with Gasteiger partial charge in [0.2, 0.25) is 5.95 Å². The van der Waals surface area contributed by atoms with Gasteiger partial charge in [-0.25, -0.2) is 0 Å². The number of methoxy groups -OCH3 is 1. The van der Waals surface area contributed by atoms with E-state index >= 15 is 0 Å². The molecule has 48 heavy (non-hydrogen) atoms. The quantitative estimate of drug-likeness (QED) is 0.167. The summed E-state index contributed by atoms with van der Waals surface area (Å²) < 4.78 is 21.6. The van der Waals surface area contributed by atoms with Gasteiger partial charge in [-0.1, -0.05) is 0 Å². The van der Waals surface area contributed by atoms with E-state index in [1.807, 2.05) is 30.6 Å². The van der Waals surface area contributed by atoms with Gasteiger partial charge < -0.3 is 34.7 Å². The van der Waals surface area contributed by atoms with Crippen molar-refractivity contribution in [2.45, 2.75) is 18.9 Å². The van der Waals surface area contributed by atoms with Gasteiger partial charge >= 0.3 is 0 Å². The number of likely N-dealkylation sites (N-methyl/N-ethyl adjacent to an activating group) is 1. The summed E-state index contributed by atoms with van der Waals surface area (Å²) in [6.45, 7) is 7.29. The van der Waals surface area contributed by atoms with Crippen LogP contribution >= 0.6 is 7.14 Å². The summed E-state index contributed by atoms with van der Waals surface area (Å²) in [4.78, 5) is 26.7. The number of anilines is 5. The molecule has 13 nitrogen and oxygen atoms in total. The second-order valence-electron chi connectivity index (χ2n) is 12.9. The van der Waals surface area contributed by atoms with Crippen LogP contribution in [0.2, 0.25) is 0 Å². The fraction of sp³-hybridized carbons (Fsp3) is 0.324. The SMILES string of the molecule is COc1cc(N2CCN(C)CC2)c(-c2cnn(C3CC3)c2)cc1Nc1nc(Nc2ccc3nccnc3c2P(C)(C)=O)c2cc[nH]c2n1. The summed E-state index contributed by atoms with van der Waals surface area (Å²) in [5.74, 6) is 1.61. The summed E-state index contributed by atoms with van der Waals surface area (Å²) in [5, 5.41) is 13.0. The van der Waals surface area contributed by atoms with Crippen LogP contribution < -0.4 is 25.6 Å². The van der Waals surface area contributed by atoms with Gasteiger partial charge in [0.05, 0.1) is 46.9 Å². The van der Waals surface area contributed by atoms with E-state index in [9.17, 15) is 4.57 Å². The van der Waals surface area contributed by atoms with E-state index in [-0.39, 0.29) is 0 Å². The normalized spacial score (nSPS) is 15.7. The molecule has 0 unspecified atom stereocenters. The molecule has 2 aliphatic rings. The van der Waals surface area contributed by atoms with E-state index in [1.54, 1.807) is 32.8 Å². The van der Waals surface area contributed by atoms with Crippen LogP contribution in [0.1, 0.15) is 18.9 Å². The Bertz CT molecular complexity index is 2190. The lowest BCUT2D eigenvalue weighted by atomic mass is 10.0. The minimum atomic E-state index is -2.78. The Balaban J connectivity index is 1.20. The molecule has 0 atom stereocenters. The van der Waals surface area contributed by atoms with Crippen LogP contribution in [0, 0.1) is 0 Å². The number of hydrogen-bond donors (Lipinski definition) is 3. The average molecular weight is 664 g/mol. The van der Waals surface area contributed by atoms with Gasteiger partial charge in [-0.2, -0.15) is 15.1 Å². The van der Waals surface area contributed by atoms with Crippen LogP contribution in [-0.4, -0.2) is 93.3 Å². The highest BCUT2D eigenvalue weighted by atomic mass is 31.2. The Hall–Kier alpha value is -5.00. The molecule has 14 heteroatoms. The van der Waals surface area contributed by atoms with Crippen LogP contribution in [0.15, 0.2) is 61.3 Å². The average Bonchev–Trinajstić information content (AvgIpc) is 3.60. The molecule has 2 aromatic carbocycles. The number of H-pyrrole nitrogens is 1. The van der Waals surface area contributed by atoms with Gasteiger partial charge in [-0.15, -0.1) is 0 Å². The number of fused-ring (bicyclic) bond motifs is 2. The van der Waals surface area contributed by atoms with Gasteiger partial charge in [-0.3, -0.25) is 14.6 Å². The molecule has 2 fully saturated rings. The maximum atomic E-state index is 13.6. The zero-order valence-corrected chi connectivity index (χ0v) is 28.3. The second kappa shape index (κ2) is 11.9. The van der Waals surface area contributed by atoms with Crippen LogP contribution in [0.25, 0.3) is 33.2 Å². The topological polar surface area (TPSA) is 142 Å². The maximum absolute atomic E-state index is 13.6. The first kappa shape index (κ1) is 30.3. The van der Waals surface area contributed by atoms with Crippen molar-refractivity contribution in [2.24, 2.45) is 0 Å². The fourth-order valence-electron chi connectivity index (χ4n) is 6.40. The van der Waals surface area contributed by atoms with Gasteiger partial charge in [0.25, 0.3) is 0 Å². The van der Waals surface area contributed by atoms with Crippen molar-refractivity contribution in [1.29, 1.82) is 0 Å². The first-order chi connectivity index (χ1) is 23.2. The standard InChI is InChI=1S/C34H38N11O2P/c1-43-13-15-44(16-14-43)28-18-29(47-2)27(17-24(28)21-19-38-45(20-21)22-5-6-22)40-34-41-32-23(9-10-37-32)33(42-34)39-26-8-7-25-30(36-12-11-35-25)31(26)48(3,4)46/h7-12,17-20,22H,5-6,13-16H2,1-4H3,(H3,37,39,40,41,42). The molecule has 0 amide bonds. The lowest BCUT2D eigenvalue weighted by Gasteiger charge is -2.35. The first-order valence-electron chi connectivity index (χ1n) is 16.1. The lowest BCUT2D eigenvalue weighted by Crippen LogP contribution is -2.44. The van der Waals surface area contributed by atoms with Crippen LogP contribution in [0.5, 0.6) is 5.75 Å². The van der Waals surface area contributed by atoms with Crippen molar-refractivity contribution in [2.75, 3.05) is 69.2 Å². The fourth-order valence-corrected chi connectivity index (χ4v) is 7.79. The minimum absolute atomic E-state index is 0.371. The first-order valence-corrected chi connectivity index (χ1v) is 18.7. The minimum Gasteiger partial charge on any atom is -0.494 e. The van der Waals surface area contributed by atoms with Crippen molar-refractivity contribution in [3.8, 4) is 16.9 Å². The molecule has 246 valence electrons. The van der Waals surface area contributed by atoms with E-state index in [1.165, 1.54) is 12.8 Å². The maximum Gasteiger partial charge on any atom is 0.231 e. The van der Waals surface area contributed by atoms with E-state index < -0.39 is 7.14 Å². The van der Waals surface area contributed by atoms with Crippen molar-refractivity contribution in [1.82, 2.24) is 39.6 Å². The van der Waals surface area contributed by atoms with Crippen molar-refractivity contribution in [3.05, 3.63) is 61.3 Å². The van der Waals surface area contributed by atoms with E-state index in [0.717, 1.165) is 54.1 Å². The number of benzene rings is 2. The molecular formula is C34H38N11O2P. The lowest BCUT2D eigenvalue weighted by molar-refractivity contribution is 0.313. The molecule has 3 N–H and O–H groups in total. The molecule has 1 saturated carbocycles. The molecule has 6 aromatic rings. The second-order valence-corrected chi connectivity index (χ2v) is 16.1. The molecule has 1 aliphatic heterocycles. The molecular weight excluding hydrogens is 625 g/mol. The summed E-state index contributed by atoms with van der Waals surface area (Å²) in [6.07, 6.45) is 11.5. The zero-order chi connectivity index (χ0) is 33.0. The Kier molecular flexibility index (Phi) is 7.53. The third kappa shape index (κ3) is 5.73. The number of rotatable bonds is 9. The molecule has 1 saturated heterocycles. The largest absolute Gasteiger partial charge is 0.494 e. The van der Waals surface area contributed by atoms with Gasteiger partial charge in [0, 0.05) is 73.8 Å². The summed E-state index contributed by atoms with van der Waals surface area (Å²) >= 11 is 0. The number of piperazine rings is 1. The van der Waals surface area contributed by atoms with Crippen LogP contribution in [0.3, 0.4) is 0 Å². The van der Waals surface area contributed by atoms with Crippen LogP contribution in [-0.2, 0) is 4.57 Å². The highest BCUT2D eigenvalue weighted by Gasteiger charge is 2.27. The van der Waals surface area contributed by atoms with Gasteiger partial charge in [0.15, 0.2) is 0 Å². The van der Waals surface area contributed by atoms with Gasteiger partial charge in [-0.05, 0) is 57.5 Å². The highest BCUT2D eigenvalue weighted by Crippen LogP contribution is 2.43. The highest BCUT2D eigenvalue weighted by molar-refractivity contribution is 7.71. The van der Waals surface area contributed by atoms with E-state index in [0.29, 0.717) is 51.2 Å². The van der Waals surface area contributed by atoms with Crippen LogP contribution in [0.4, 0.5) is 28.8 Å². The smallest absolute Gasteiger partial charge is 0.231 e. The number of ether oxygens (including phenoxy) is 1. The Morgan fingerprint density at radius 2 is 1.79 bits per heavy atom. The Morgan fingerprint density at radius 3 is 2.56 bits per heavy atom. The molecule has 5 heterocycles. The zero-order valence-electron chi connectivity index (χ0n) is 27.4. The monoisotopic (exact) mass is 663 g/mol. The number of nitrogens with zero attached hydrogens (tertiary/aromatic N) is 8. The molecule has 1 aliphatic carbocycles. The third-order valence-electron chi connectivity index (χ3n) is 9.06. The summed E-state index contributed by atoms with van der Waals surface area (Å²) in [6, 6.07) is 10.4. The Labute approximate surface area is 278 Å². The van der Waals surface area contributed by atoms with Crippen molar-refractivity contribution in [3.63, 3.8) is 0 Å². The predicted octanol–water partition coefficient (Wildman–Crippen LogP) is 5.60. The number of aromatic nitrogens is 7. The Morgan fingerprint density at radius 1 is 0.979 bits per heavy atom. The molecule has 8 rings (SSSR count). The number of aromatic amines is 1. The van der Waals surface area contributed by atoms with E-state index in [4.69, 9.17) is 19.8 Å². The third-order valence-corrected chi connectivity index (χ3v) is 10.6. The predicted molar refractivity (Wildman–Crippen MR) is 191 cm³/mol. The molecule has 4 aromatic heterocycles. The van der Waals surface area contributed by atoms with Gasteiger partial charge in [0.1, 0.15) is 29.9 Å². The van der Waals surface area contributed by atoms with Crippen molar-refractivity contribution < 1.29 is 9.30 Å². The molecule has 0 radical (unpaired) electrons. The van der Waals surface area contributed by atoms with E-state index in [2.05, 4.69) is 65.4 Å². The molecule has 0 spiro atoms. The molecule has 0 bridgehead atoms. The number of nitrogens with one attached hydrogen (secondary N) is 3.